The van der Waals surface area contributed by atoms with Crippen molar-refractivity contribution in [1.82, 2.24) is 4.90 Å². The number of hydrogen-bond donors (Lipinski definition) is 1. The van der Waals surface area contributed by atoms with Gasteiger partial charge in [-0.2, -0.15) is 0 Å². The molecule has 106 valence electrons. The van der Waals surface area contributed by atoms with Crippen LogP contribution in [0.4, 0.5) is 0 Å². The van der Waals surface area contributed by atoms with Gasteiger partial charge in [0.25, 0.3) is 0 Å². The zero-order chi connectivity index (χ0) is 14.1. The first-order chi connectivity index (χ1) is 9.63. The van der Waals surface area contributed by atoms with Crippen molar-refractivity contribution in [2.24, 2.45) is 5.92 Å². The molecule has 1 aliphatic carbocycles. The number of benzene rings is 1. The average molecular weight is 269 g/mol. The molecule has 1 unspecified atom stereocenters. The van der Waals surface area contributed by atoms with Crippen LogP contribution in [0.3, 0.4) is 0 Å². The summed E-state index contributed by atoms with van der Waals surface area (Å²) in [6, 6.07) is 7.57. The summed E-state index contributed by atoms with van der Waals surface area (Å²) >= 11 is 0. The molecule has 20 heavy (non-hydrogen) atoms. The Morgan fingerprint density at radius 3 is 2.75 bits per heavy atom. The summed E-state index contributed by atoms with van der Waals surface area (Å²) in [5, 5.41) is 9.31. The minimum Gasteiger partial charge on any atom is -0.508 e. The Balaban J connectivity index is 1.64. The molecule has 2 heteroatoms. The standard InChI is InChI=1S/C18H23NO/c1-13-3-8-17-14(2)11-19(12-18(13)17)10-9-15-4-6-16(20)7-5-15/h4-7,11,13,20H,3,8-10,12H2,1-2H3. The van der Waals surface area contributed by atoms with Crippen molar-refractivity contribution in [3.8, 4) is 5.75 Å². The Morgan fingerprint density at radius 1 is 1.25 bits per heavy atom. The van der Waals surface area contributed by atoms with Crippen LogP contribution in [0, 0.1) is 5.92 Å². The molecule has 3 rings (SSSR count). The Hall–Kier alpha value is -1.70. The molecular formula is C18H23NO. The van der Waals surface area contributed by atoms with Crippen LogP contribution in [0.25, 0.3) is 0 Å². The predicted molar refractivity (Wildman–Crippen MR) is 82.6 cm³/mol. The van der Waals surface area contributed by atoms with E-state index in [2.05, 4.69) is 24.9 Å². The largest absolute Gasteiger partial charge is 0.508 e. The lowest BCUT2D eigenvalue weighted by Gasteiger charge is -2.29. The van der Waals surface area contributed by atoms with E-state index in [1.165, 1.54) is 24.0 Å². The molecule has 0 aromatic heterocycles. The highest BCUT2D eigenvalue weighted by atomic mass is 16.3. The number of phenols is 1. The van der Waals surface area contributed by atoms with Crippen molar-refractivity contribution >= 4 is 0 Å². The van der Waals surface area contributed by atoms with Crippen molar-refractivity contribution < 1.29 is 5.11 Å². The normalized spacial score (nSPS) is 22.0. The van der Waals surface area contributed by atoms with Gasteiger partial charge < -0.3 is 10.0 Å². The molecule has 0 saturated carbocycles. The smallest absolute Gasteiger partial charge is 0.115 e. The van der Waals surface area contributed by atoms with Gasteiger partial charge in [0.15, 0.2) is 0 Å². The zero-order valence-corrected chi connectivity index (χ0v) is 12.4. The second-order valence-corrected chi connectivity index (χ2v) is 6.14. The van der Waals surface area contributed by atoms with E-state index in [1.54, 1.807) is 23.3 Å². The summed E-state index contributed by atoms with van der Waals surface area (Å²) in [7, 11) is 0. The molecule has 0 bridgehead atoms. The Labute approximate surface area is 121 Å². The lowest BCUT2D eigenvalue weighted by atomic mass is 9.97. The fraction of sp³-hybridized carbons (Fsp3) is 0.444. The number of allylic oxidation sites excluding steroid dienone is 2. The second-order valence-electron chi connectivity index (χ2n) is 6.14. The average Bonchev–Trinajstić information content (AvgIpc) is 2.81. The van der Waals surface area contributed by atoms with Gasteiger partial charge in [-0.3, -0.25) is 0 Å². The van der Waals surface area contributed by atoms with Gasteiger partial charge in [0, 0.05) is 19.3 Å². The number of aromatic hydroxyl groups is 1. The van der Waals surface area contributed by atoms with Crippen molar-refractivity contribution in [2.75, 3.05) is 13.1 Å². The molecule has 1 aliphatic heterocycles. The predicted octanol–water partition coefficient (Wildman–Crippen LogP) is 3.88. The molecule has 1 heterocycles. The Kier molecular flexibility index (Phi) is 3.56. The SMILES string of the molecule is CC1=CN(CCc2ccc(O)cc2)CC2=C1CCC2C. The third-order valence-electron chi connectivity index (χ3n) is 4.66. The summed E-state index contributed by atoms with van der Waals surface area (Å²) in [5.74, 6) is 1.10. The minimum absolute atomic E-state index is 0.344. The van der Waals surface area contributed by atoms with Crippen LogP contribution in [0.5, 0.6) is 5.75 Å². The molecule has 2 nitrogen and oxygen atoms in total. The van der Waals surface area contributed by atoms with Gasteiger partial charge in [0.1, 0.15) is 5.75 Å². The Morgan fingerprint density at radius 2 is 2.00 bits per heavy atom. The van der Waals surface area contributed by atoms with Crippen LogP contribution < -0.4 is 0 Å². The van der Waals surface area contributed by atoms with Crippen molar-refractivity contribution in [3.05, 3.63) is 52.7 Å². The van der Waals surface area contributed by atoms with Gasteiger partial charge >= 0.3 is 0 Å². The van der Waals surface area contributed by atoms with Crippen LogP contribution >= 0.6 is 0 Å². The molecular weight excluding hydrogens is 246 g/mol. The summed E-state index contributed by atoms with van der Waals surface area (Å²) in [6.07, 6.45) is 5.95. The van der Waals surface area contributed by atoms with Gasteiger partial charge in [0.05, 0.1) is 0 Å². The molecule has 0 saturated heterocycles. The van der Waals surface area contributed by atoms with E-state index in [4.69, 9.17) is 0 Å². The Bertz CT molecular complexity index is 553. The lowest BCUT2D eigenvalue weighted by Crippen LogP contribution is -2.27. The number of nitrogens with zero attached hydrogens (tertiary/aromatic N) is 1. The molecule has 0 amide bonds. The monoisotopic (exact) mass is 269 g/mol. The van der Waals surface area contributed by atoms with E-state index in [1.807, 2.05) is 12.1 Å². The number of rotatable bonds is 3. The molecule has 0 fully saturated rings. The third kappa shape index (κ3) is 2.60. The first-order valence-corrected chi connectivity index (χ1v) is 7.56. The van der Waals surface area contributed by atoms with Gasteiger partial charge in [-0.25, -0.2) is 0 Å². The molecule has 1 atom stereocenters. The minimum atomic E-state index is 0.344. The maximum absolute atomic E-state index is 9.31. The van der Waals surface area contributed by atoms with Gasteiger partial charge in [-0.05, 0) is 66.5 Å². The van der Waals surface area contributed by atoms with E-state index in [9.17, 15) is 5.11 Å². The first kappa shape index (κ1) is 13.3. The summed E-state index contributed by atoms with van der Waals surface area (Å²) in [5.41, 5.74) is 6.03. The van der Waals surface area contributed by atoms with Crippen molar-refractivity contribution in [1.29, 1.82) is 0 Å². The van der Waals surface area contributed by atoms with Crippen LogP contribution in [0.15, 0.2) is 47.2 Å². The highest BCUT2D eigenvalue weighted by Gasteiger charge is 2.26. The molecule has 1 aromatic carbocycles. The van der Waals surface area contributed by atoms with Crippen molar-refractivity contribution in [3.63, 3.8) is 0 Å². The maximum Gasteiger partial charge on any atom is 0.115 e. The fourth-order valence-electron chi connectivity index (χ4n) is 3.39. The van der Waals surface area contributed by atoms with Crippen LogP contribution in [0.2, 0.25) is 0 Å². The van der Waals surface area contributed by atoms with E-state index in [-0.39, 0.29) is 0 Å². The van der Waals surface area contributed by atoms with Crippen molar-refractivity contribution in [2.45, 2.75) is 33.1 Å². The lowest BCUT2D eigenvalue weighted by molar-refractivity contribution is 0.389. The van der Waals surface area contributed by atoms with Gasteiger partial charge in [-0.15, -0.1) is 0 Å². The third-order valence-corrected chi connectivity index (χ3v) is 4.66. The van der Waals surface area contributed by atoms with Crippen LogP contribution in [-0.4, -0.2) is 23.1 Å². The molecule has 2 aliphatic rings. The second kappa shape index (κ2) is 5.35. The topological polar surface area (TPSA) is 23.5 Å². The summed E-state index contributed by atoms with van der Waals surface area (Å²) in [4.78, 5) is 2.45. The summed E-state index contributed by atoms with van der Waals surface area (Å²) in [6.45, 7) is 6.76. The quantitative estimate of drug-likeness (QED) is 0.900. The molecule has 1 N–H and O–H groups in total. The highest BCUT2D eigenvalue weighted by molar-refractivity contribution is 5.41. The van der Waals surface area contributed by atoms with Crippen LogP contribution in [-0.2, 0) is 6.42 Å². The molecule has 1 aromatic rings. The number of phenolic OH excluding ortho intramolecular Hbond substituents is 1. The van der Waals surface area contributed by atoms with E-state index < -0.39 is 0 Å². The van der Waals surface area contributed by atoms with E-state index in [0.29, 0.717) is 5.75 Å². The zero-order valence-electron chi connectivity index (χ0n) is 12.4. The molecule has 0 spiro atoms. The number of hydrogen-bond acceptors (Lipinski definition) is 2. The van der Waals surface area contributed by atoms with E-state index in [0.717, 1.165) is 25.4 Å². The fourth-order valence-corrected chi connectivity index (χ4v) is 3.39. The maximum atomic E-state index is 9.31. The first-order valence-electron chi connectivity index (χ1n) is 7.56. The summed E-state index contributed by atoms with van der Waals surface area (Å²) < 4.78 is 0. The van der Waals surface area contributed by atoms with Gasteiger partial charge in [-0.1, -0.05) is 19.1 Å². The van der Waals surface area contributed by atoms with Crippen LogP contribution in [0.1, 0.15) is 32.3 Å². The molecule has 0 radical (unpaired) electrons. The highest BCUT2D eigenvalue weighted by Crippen LogP contribution is 2.38. The van der Waals surface area contributed by atoms with Gasteiger partial charge in [0.2, 0.25) is 0 Å². The van der Waals surface area contributed by atoms with E-state index >= 15 is 0 Å².